The number of aryl methyl sites for hydroxylation is 1. The third-order valence-corrected chi connectivity index (χ3v) is 5.69. The topological polar surface area (TPSA) is 115 Å². The first-order chi connectivity index (χ1) is 15.7. The summed E-state index contributed by atoms with van der Waals surface area (Å²) in [6.07, 6.45) is 0. The van der Waals surface area contributed by atoms with Crippen LogP contribution in [-0.2, 0) is 12.4 Å². The van der Waals surface area contributed by atoms with Crippen molar-refractivity contribution in [3.05, 3.63) is 82.3 Å². The average Bonchev–Trinajstić information content (AvgIpc) is 3.27. The Morgan fingerprint density at radius 1 is 1.12 bits per heavy atom. The Balaban J connectivity index is 1.32. The van der Waals surface area contributed by atoms with Crippen LogP contribution in [0.15, 0.2) is 75.6 Å². The second-order valence-electron chi connectivity index (χ2n) is 7.10. The lowest BCUT2D eigenvalue weighted by molar-refractivity contribution is 0.679. The van der Waals surface area contributed by atoms with E-state index in [0.717, 1.165) is 16.9 Å². The van der Waals surface area contributed by atoms with Gasteiger partial charge in [-0.05, 0) is 47.2 Å². The van der Waals surface area contributed by atoms with Crippen LogP contribution in [0.1, 0.15) is 11.3 Å². The van der Waals surface area contributed by atoms with Crippen LogP contribution in [0.3, 0.4) is 0 Å². The van der Waals surface area contributed by atoms with Crippen LogP contribution in [0, 0.1) is 6.92 Å². The van der Waals surface area contributed by atoms with Crippen LogP contribution in [0.4, 0.5) is 11.6 Å². The van der Waals surface area contributed by atoms with Gasteiger partial charge in [-0.3, -0.25) is 14.7 Å². The summed E-state index contributed by atoms with van der Waals surface area (Å²) in [5.74, 6) is 1.43. The van der Waals surface area contributed by atoms with E-state index in [1.54, 1.807) is 4.68 Å². The number of rotatable bonds is 5. The molecule has 0 aliphatic carbocycles. The van der Waals surface area contributed by atoms with Gasteiger partial charge in [0.05, 0.1) is 11.4 Å². The summed E-state index contributed by atoms with van der Waals surface area (Å²) in [6.45, 7) is 2.22. The van der Waals surface area contributed by atoms with E-state index in [4.69, 9.17) is 0 Å². The summed E-state index contributed by atoms with van der Waals surface area (Å²) in [5, 5.41) is 18.9. The van der Waals surface area contributed by atoms with Gasteiger partial charge >= 0.3 is 0 Å². The molecule has 0 saturated carbocycles. The van der Waals surface area contributed by atoms with E-state index in [2.05, 4.69) is 36.1 Å². The maximum absolute atomic E-state index is 12.6. The van der Waals surface area contributed by atoms with Gasteiger partial charge < -0.3 is 5.32 Å². The van der Waals surface area contributed by atoms with Gasteiger partial charge in [-0.15, -0.1) is 5.10 Å². The number of guanidine groups is 1. The first kappa shape index (κ1) is 19.9. The zero-order valence-corrected chi connectivity index (χ0v) is 18.0. The average molecular weight is 446 g/mol. The Morgan fingerprint density at radius 2 is 2.00 bits per heavy atom. The minimum Gasteiger partial charge on any atom is -0.326 e. The number of hydrogen-bond acceptors (Lipinski definition) is 9. The normalized spacial score (nSPS) is 12.6. The summed E-state index contributed by atoms with van der Waals surface area (Å²) >= 11 is 1.41. The molecule has 2 aromatic carbocycles. The van der Waals surface area contributed by atoms with Gasteiger partial charge in [0.15, 0.2) is 0 Å². The van der Waals surface area contributed by atoms with Gasteiger partial charge in [-0.1, -0.05) is 42.1 Å². The SMILES string of the molecule is Cc1cccc(NC2=NCn3c(nc(CSc4nnnn4-c4ccccc4)cc3=O)N2)c1. The van der Waals surface area contributed by atoms with E-state index < -0.39 is 0 Å². The van der Waals surface area contributed by atoms with Crippen molar-refractivity contribution in [1.29, 1.82) is 0 Å². The molecule has 160 valence electrons. The molecule has 0 amide bonds. The number of aliphatic imine (C=N–C) groups is 1. The van der Waals surface area contributed by atoms with E-state index >= 15 is 0 Å². The number of hydrogen-bond donors (Lipinski definition) is 2. The van der Waals surface area contributed by atoms with Crippen LogP contribution >= 0.6 is 11.8 Å². The largest absolute Gasteiger partial charge is 0.326 e. The predicted molar refractivity (Wildman–Crippen MR) is 123 cm³/mol. The number of benzene rings is 2. The maximum Gasteiger partial charge on any atom is 0.256 e. The monoisotopic (exact) mass is 445 g/mol. The molecule has 5 rings (SSSR count). The van der Waals surface area contributed by atoms with Crippen LogP contribution in [0.5, 0.6) is 0 Å². The highest BCUT2D eigenvalue weighted by atomic mass is 32.2. The lowest BCUT2D eigenvalue weighted by Gasteiger charge is -2.20. The molecule has 11 heteroatoms. The molecule has 0 saturated heterocycles. The molecule has 0 bridgehead atoms. The Morgan fingerprint density at radius 3 is 2.84 bits per heavy atom. The molecule has 2 aromatic heterocycles. The molecule has 0 unspecified atom stereocenters. The summed E-state index contributed by atoms with van der Waals surface area (Å²) in [5.41, 5.74) is 3.37. The second-order valence-corrected chi connectivity index (χ2v) is 8.04. The lowest BCUT2D eigenvalue weighted by Crippen LogP contribution is -2.34. The Hall–Kier alpha value is -3.99. The molecule has 2 N–H and O–H groups in total. The minimum atomic E-state index is -0.167. The number of tetrazole rings is 1. The molecule has 0 spiro atoms. The summed E-state index contributed by atoms with van der Waals surface area (Å²) in [4.78, 5) is 21.6. The van der Waals surface area contributed by atoms with Gasteiger partial charge in [0.2, 0.25) is 17.1 Å². The molecular formula is C21H19N9OS. The van der Waals surface area contributed by atoms with Crippen molar-refractivity contribution in [3.63, 3.8) is 0 Å². The van der Waals surface area contributed by atoms with E-state index in [-0.39, 0.29) is 12.2 Å². The Labute approximate surface area is 187 Å². The number of thioether (sulfide) groups is 1. The summed E-state index contributed by atoms with van der Waals surface area (Å²) in [7, 11) is 0. The first-order valence-corrected chi connectivity index (χ1v) is 10.9. The first-order valence-electron chi connectivity index (χ1n) is 9.88. The fraction of sp³-hybridized carbons (Fsp3) is 0.143. The molecule has 1 aliphatic heterocycles. The molecular weight excluding hydrogens is 426 g/mol. The lowest BCUT2D eigenvalue weighted by atomic mass is 10.2. The summed E-state index contributed by atoms with van der Waals surface area (Å²) in [6, 6.07) is 19.1. The van der Waals surface area contributed by atoms with Gasteiger partial charge in [-0.25, -0.2) is 9.98 Å². The van der Waals surface area contributed by atoms with E-state index in [1.807, 2.05) is 61.5 Å². The zero-order valence-electron chi connectivity index (χ0n) is 17.1. The van der Waals surface area contributed by atoms with Crippen LogP contribution in [0.2, 0.25) is 0 Å². The molecule has 0 radical (unpaired) electrons. The Kier molecular flexibility index (Phi) is 5.38. The van der Waals surface area contributed by atoms with Gasteiger partial charge in [0.25, 0.3) is 5.56 Å². The predicted octanol–water partition coefficient (Wildman–Crippen LogP) is 2.67. The van der Waals surface area contributed by atoms with Crippen molar-refractivity contribution in [1.82, 2.24) is 29.8 Å². The highest BCUT2D eigenvalue weighted by Crippen LogP contribution is 2.22. The van der Waals surface area contributed by atoms with Gasteiger partial charge in [0, 0.05) is 17.5 Å². The highest BCUT2D eigenvalue weighted by molar-refractivity contribution is 7.98. The van der Waals surface area contributed by atoms with Crippen molar-refractivity contribution < 1.29 is 0 Å². The molecule has 10 nitrogen and oxygen atoms in total. The quantitative estimate of drug-likeness (QED) is 0.451. The molecule has 1 aliphatic rings. The fourth-order valence-electron chi connectivity index (χ4n) is 3.22. The van der Waals surface area contributed by atoms with Crippen molar-refractivity contribution in [2.45, 2.75) is 24.5 Å². The van der Waals surface area contributed by atoms with Crippen molar-refractivity contribution in [2.24, 2.45) is 4.99 Å². The fourth-order valence-corrected chi connectivity index (χ4v) is 4.00. The van der Waals surface area contributed by atoms with Crippen LogP contribution in [0.25, 0.3) is 5.69 Å². The van der Waals surface area contributed by atoms with E-state index in [9.17, 15) is 4.79 Å². The number of anilines is 2. The Bertz CT molecular complexity index is 1350. The van der Waals surface area contributed by atoms with Crippen molar-refractivity contribution >= 4 is 29.4 Å². The molecule has 0 atom stereocenters. The second kappa shape index (κ2) is 8.63. The summed E-state index contributed by atoms with van der Waals surface area (Å²) < 4.78 is 3.15. The molecule has 32 heavy (non-hydrogen) atoms. The smallest absolute Gasteiger partial charge is 0.256 e. The number of fused-ring (bicyclic) bond motifs is 1. The third-order valence-electron chi connectivity index (χ3n) is 4.73. The third kappa shape index (κ3) is 4.23. The molecule has 4 aromatic rings. The number of nitrogens with one attached hydrogen (secondary N) is 2. The zero-order chi connectivity index (χ0) is 21.9. The van der Waals surface area contributed by atoms with Crippen molar-refractivity contribution in [2.75, 3.05) is 10.6 Å². The van der Waals surface area contributed by atoms with Crippen LogP contribution in [-0.4, -0.2) is 35.7 Å². The van der Waals surface area contributed by atoms with Crippen molar-refractivity contribution in [3.8, 4) is 5.69 Å². The van der Waals surface area contributed by atoms with Gasteiger partial charge in [-0.2, -0.15) is 4.68 Å². The van der Waals surface area contributed by atoms with E-state index in [1.165, 1.54) is 22.4 Å². The van der Waals surface area contributed by atoms with E-state index in [0.29, 0.717) is 28.5 Å². The number of nitrogens with zero attached hydrogens (tertiary/aromatic N) is 7. The minimum absolute atomic E-state index is 0.167. The highest BCUT2D eigenvalue weighted by Gasteiger charge is 2.16. The standard InChI is InChI=1S/C21H19N9OS/c1-14-6-5-7-15(10-14)23-19-22-13-29-18(31)11-16(24-20(29)25-19)12-32-21-26-27-28-30(21)17-8-3-2-4-9-17/h2-11H,12-13H2,1H3,(H2,22,23,24,25). The number of aromatic nitrogens is 6. The van der Waals surface area contributed by atoms with Crippen LogP contribution < -0.4 is 16.2 Å². The van der Waals surface area contributed by atoms with Gasteiger partial charge in [0.1, 0.15) is 6.67 Å². The molecule has 0 fully saturated rings. The maximum atomic E-state index is 12.6. The number of para-hydroxylation sites is 1. The molecule has 3 heterocycles.